The Hall–Kier alpha value is -1.67. The Morgan fingerprint density at radius 2 is 2.61 bits per heavy atom. The van der Waals surface area contributed by atoms with Gasteiger partial charge in [0.1, 0.15) is 6.61 Å². The minimum absolute atomic E-state index is 0.234. The standard InChI is InChI=1S/C13H15N3OS/c1-3-5-10(2)18-13(14)16-8-9-17-11-6-4-7-15-12(11)16/h1,4,6-7,10,14H,5,8-9H2,2H3. The van der Waals surface area contributed by atoms with Gasteiger partial charge >= 0.3 is 0 Å². The predicted octanol–water partition coefficient (Wildman–Crippen LogP) is 2.36. The number of aromatic nitrogens is 1. The summed E-state index contributed by atoms with van der Waals surface area (Å²) in [6, 6.07) is 3.71. The highest BCUT2D eigenvalue weighted by Crippen LogP contribution is 2.31. The number of pyridine rings is 1. The number of terminal acetylenes is 1. The zero-order valence-electron chi connectivity index (χ0n) is 10.2. The lowest BCUT2D eigenvalue weighted by molar-refractivity contribution is 0.313. The molecule has 0 aliphatic carbocycles. The summed E-state index contributed by atoms with van der Waals surface area (Å²) in [5.74, 6) is 4.07. The molecule has 1 aromatic rings. The van der Waals surface area contributed by atoms with Crippen LogP contribution in [0.1, 0.15) is 13.3 Å². The molecular formula is C13H15N3OS. The summed E-state index contributed by atoms with van der Waals surface area (Å²) in [4.78, 5) is 6.15. The fourth-order valence-electron chi connectivity index (χ4n) is 1.71. The third kappa shape index (κ3) is 2.77. The summed E-state index contributed by atoms with van der Waals surface area (Å²) in [6.45, 7) is 3.25. The first kappa shape index (κ1) is 12.8. The molecule has 0 bridgehead atoms. The number of thioether (sulfide) groups is 1. The first-order valence-corrected chi connectivity index (χ1v) is 6.64. The Labute approximate surface area is 111 Å². The molecule has 1 unspecified atom stereocenters. The van der Waals surface area contributed by atoms with Crippen molar-refractivity contribution < 1.29 is 4.74 Å². The lowest BCUT2D eigenvalue weighted by atomic mass is 10.3. The molecule has 94 valence electrons. The summed E-state index contributed by atoms with van der Waals surface area (Å²) in [5, 5.41) is 8.85. The minimum atomic E-state index is 0.234. The summed E-state index contributed by atoms with van der Waals surface area (Å²) in [7, 11) is 0. The largest absolute Gasteiger partial charge is 0.488 e. The molecular weight excluding hydrogens is 246 g/mol. The molecule has 5 heteroatoms. The molecule has 1 aromatic heterocycles. The summed E-state index contributed by atoms with van der Waals surface area (Å²) >= 11 is 1.47. The fourth-order valence-corrected chi connectivity index (χ4v) is 2.58. The SMILES string of the molecule is C#CCC(C)SC(=N)N1CCOc2cccnc21. The first-order valence-electron chi connectivity index (χ1n) is 5.76. The van der Waals surface area contributed by atoms with Gasteiger partial charge in [0.2, 0.25) is 0 Å². The molecule has 0 amide bonds. The van der Waals surface area contributed by atoms with Crippen molar-refractivity contribution >= 4 is 22.7 Å². The van der Waals surface area contributed by atoms with E-state index in [1.807, 2.05) is 24.0 Å². The smallest absolute Gasteiger partial charge is 0.177 e. The van der Waals surface area contributed by atoms with Gasteiger partial charge in [0.05, 0.1) is 6.54 Å². The molecule has 0 radical (unpaired) electrons. The number of nitrogens with one attached hydrogen (secondary N) is 1. The third-order valence-corrected chi connectivity index (χ3v) is 3.55. The van der Waals surface area contributed by atoms with Crippen molar-refractivity contribution in [2.75, 3.05) is 18.1 Å². The van der Waals surface area contributed by atoms with Crippen LogP contribution in [0.2, 0.25) is 0 Å². The minimum Gasteiger partial charge on any atom is -0.488 e. The Morgan fingerprint density at radius 3 is 3.39 bits per heavy atom. The molecule has 1 aliphatic rings. The number of fused-ring (bicyclic) bond motifs is 1. The number of anilines is 1. The maximum atomic E-state index is 8.15. The number of amidine groups is 1. The van der Waals surface area contributed by atoms with Crippen molar-refractivity contribution in [3.05, 3.63) is 18.3 Å². The summed E-state index contributed by atoms with van der Waals surface area (Å²) in [6.07, 6.45) is 7.65. The maximum Gasteiger partial charge on any atom is 0.177 e. The lowest BCUT2D eigenvalue weighted by Crippen LogP contribution is -2.37. The van der Waals surface area contributed by atoms with Crippen LogP contribution in [0.4, 0.5) is 5.82 Å². The van der Waals surface area contributed by atoms with E-state index in [-0.39, 0.29) is 5.25 Å². The van der Waals surface area contributed by atoms with Crippen LogP contribution in [-0.2, 0) is 0 Å². The summed E-state index contributed by atoms with van der Waals surface area (Å²) < 4.78 is 5.51. The van der Waals surface area contributed by atoms with Crippen molar-refractivity contribution in [2.24, 2.45) is 0 Å². The van der Waals surface area contributed by atoms with Gasteiger partial charge in [-0.15, -0.1) is 12.3 Å². The van der Waals surface area contributed by atoms with Gasteiger partial charge in [-0.3, -0.25) is 10.3 Å². The maximum absolute atomic E-state index is 8.15. The van der Waals surface area contributed by atoms with Crippen molar-refractivity contribution in [1.82, 2.24) is 4.98 Å². The van der Waals surface area contributed by atoms with Gasteiger partial charge in [0, 0.05) is 17.9 Å². The van der Waals surface area contributed by atoms with Crippen LogP contribution >= 0.6 is 11.8 Å². The van der Waals surface area contributed by atoms with E-state index in [0.717, 1.165) is 5.75 Å². The molecule has 2 rings (SSSR count). The van der Waals surface area contributed by atoms with Gasteiger partial charge in [0.25, 0.3) is 0 Å². The van der Waals surface area contributed by atoms with Gasteiger partial charge in [-0.1, -0.05) is 18.7 Å². The summed E-state index contributed by atoms with van der Waals surface area (Å²) in [5.41, 5.74) is 0. The molecule has 2 heterocycles. The molecule has 0 spiro atoms. The van der Waals surface area contributed by atoms with Crippen molar-refractivity contribution in [3.63, 3.8) is 0 Å². The third-order valence-electron chi connectivity index (χ3n) is 2.54. The first-order chi connectivity index (χ1) is 8.72. The van der Waals surface area contributed by atoms with Crippen LogP contribution in [0, 0.1) is 17.8 Å². The number of hydrogen-bond acceptors (Lipinski definition) is 4. The van der Waals surface area contributed by atoms with E-state index in [2.05, 4.69) is 10.9 Å². The number of nitrogens with zero attached hydrogens (tertiary/aromatic N) is 2. The molecule has 0 saturated carbocycles. The number of ether oxygens (including phenoxy) is 1. The second-order valence-electron chi connectivity index (χ2n) is 3.97. The van der Waals surface area contributed by atoms with Gasteiger partial charge in [-0.2, -0.15) is 0 Å². The topological polar surface area (TPSA) is 49.2 Å². The van der Waals surface area contributed by atoms with Crippen LogP contribution in [0.15, 0.2) is 18.3 Å². The highest BCUT2D eigenvalue weighted by Gasteiger charge is 2.23. The van der Waals surface area contributed by atoms with E-state index in [0.29, 0.717) is 30.6 Å². The highest BCUT2D eigenvalue weighted by atomic mass is 32.2. The molecule has 1 aliphatic heterocycles. The number of hydrogen-bond donors (Lipinski definition) is 1. The molecule has 0 saturated heterocycles. The van der Waals surface area contributed by atoms with E-state index >= 15 is 0 Å². The molecule has 0 fully saturated rings. The monoisotopic (exact) mass is 261 g/mol. The molecule has 1 atom stereocenters. The van der Waals surface area contributed by atoms with Crippen molar-refractivity contribution in [3.8, 4) is 18.1 Å². The second kappa shape index (κ2) is 5.78. The van der Waals surface area contributed by atoms with E-state index < -0.39 is 0 Å². The zero-order valence-corrected chi connectivity index (χ0v) is 11.0. The van der Waals surface area contributed by atoms with E-state index in [4.69, 9.17) is 16.6 Å². The van der Waals surface area contributed by atoms with Crippen molar-refractivity contribution in [1.29, 1.82) is 5.41 Å². The van der Waals surface area contributed by atoms with E-state index in [1.54, 1.807) is 6.20 Å². The molecule has 4 nitrogen and oxygen atoms in total. The van der Waals surface area contributed by atoms with Crippen LogP contribution in [0.3, 0.4) is 0 Å². The fraction of sp³-hybridized carbons (Fsp3) is 0.385. The van der Waals surface area contributed by atoms with E-state index in [1.165, 1.54) is 11.8 Å². The van der Waals surface area contributed by atoms with E-state index in [9.17, 15) is 0 Å². The Morgan fingerprint density at radius 1 is 1.78 bits per heavy atom. The lowest BCUT2D eigenvalue weighted by Gasteiger charge is -2.30. The molecule has 0 aromatic carbocycles. The Bertz CT molecular complexity index is 483. The Balaban J connectivity index is 2.11. The van der Waals surface area contributed by atoms with Crippen molar-refractivity contribution in [2.45, 2.75) is 18.6 Å². The van der Waals surface area contributed by atoms with Gasteiger partial charge < -0.3 is 4.74 Å². The second-order valence-corrected chi connectivity index (χ2v) is 5.39. The Kier molecular flexibility index (Phi) is 4.11. The van der Waals surface area contributed by atoms with Crippen LogP contribution in [0.25, 0.3) is 0 Å². The number of rotatable bonds is 2. The quantitative estimate of drug-likeness (QED) is 0.504. The zero-order chi connectivity index (χ0) is 13.0. The van der Waals surface area contributed by atoms with Crippen LogP contribution < -0.4 is 9.64 Å². The highest BCUT2D eigenvalue weighted by molar-refractivity contribution is 8.14. The van der Waals surface area contributed by atoms with Gasteiger partial charge in [-0.05, 0) is 12.1 Å². The normalized spacial score (nSPS) is 15.2. The van der Waals surface area contributed by atoms with Gasteiger partial charge in [-0.25, -0.2) is 4.98 Å². The van der Waals surface area contributed by atoms with Crippen LogP contribution in [-0.4, -0.2) is 28.6 Å². The molecule has 1 N–H and O–H groups in total. The van der Waals surface area contributed by atoms with Crippen LogP contribution in [0.5, 0.6) is 5.75 Å². The molecule has 18 heavy (non-hydrogen) atoms. The van der Waals surface area contributed by atoms with Gasteiger partial charge in [0.15, 0.2) is 16.7 Å². The predicted molar refractivity (Wildman–Crippen MR) is 75.3 cm³/mol. The average molecular weight is 261 g/mol. The average Bonchev–Trinajstić information content (AvgIpc) is 2.38.